The third kappa shape index (κ3) is 3.60. The minimum Gasteiger partial charge on any atom is -0.315 e. The third-order valence-electron chi connectivity index (χ3n) is 6.96. The number of aromatic nitrogens is 3. The molecule has 6 rings (SSSR count). The van der Waals surface area contributed by atoms with Gasteiger partial charge in [0.1, 0.15) is 12.4 Å². The first kappa shape index (κ1) is 20.8. The van der Waals surface area contributed by atoms with Crippen LogP contribution in [-0.4, -0.2) is 63.4 Å². The molecule has 0 radical (unpaired) electrons. The Morgan fingerprint density at radius 3 is 2.76 bits per heavy atom. The maximum absolute atomic E-state index is 13.2. The lowest BCUT2D eigenvalue weighted by molar-refractivity contribution is 0.174. The van der Waals surface area contributed by atoms with Crippen molar-refractivity contribution in [2.45, 2.75) is 18.5 Å². The van der Waals surface area contributed by atoms with Crippen molar-refractivity contribution in [1.29, 1.82) is 0 Å². The lowest BCUT2D eigenvalue weighted by Gasteiger charge is -2.36. The van der Waals surface area contributed by atoms with Gasteiger partial charge in [-0.3, -0.25) is 15.0 Å². The molecular weight excluding hydrogens is 431 g/mol. The van der Waals surface area contributed by atoms with Crippen LogP contribution in [0.1, 0.15) is 17.0 Å². The van der Waals surface area contributed by atoms with E-state index < -0.39 is 6.67 Å². The highest BCUT2D eigenvalue weighted by Gasteiger charge is 2.41. The molecular formula is C26H25FN6O. The van der Waals surface area contributed by atoms with E-state index in [-0.39, 0.29) is 18.0 Å². The van der Waals surface area contributed by atoms with Crippen LogP contribution in [0.4, 0.5) is 14.9 Å². The molecule has 2 N–H and O–H groups in total. The molecule has 172 valence electrons. The summed E-state index contributed by atoms with van der Waals surface area (Å²) in [4.78, 5) is 21.5. The van der Waals surface area contributed by atoms with Crippen LogP contribution in [0.25, 0.3) is 22.2 Å². The predicted molar refractivity (Wildman–Crippen MR) is 129 cm³/mol. The van der Waals surface area contributed by atoms with E-state index >= 15 is 0 Å². The summed E-state index contributed by atoms with van der Waals surface area (Å²) < 4.78 is 13.2. The fourth-order valence-electron chi connectivity index (χ4n) is 5.30. The molecule has 7 nitrogen and oxygen atoms in total. The fraction of sp³-hybridized carbons (Fsp3) is 0.269. The number of nitrogens with zero attached hydrogens (tertiary/aromatic N) is 4. The minimum absolute atomic E-state index is 0.0417. The van der Waals surface area contributed by atoms with Crippen LogP contribution in [0.5, 0.6) is 0 Å². The zero-order valence-corrected chi connectivity index (χ0v) is 18.6. The molecule has 2 amide bonds. The number of hydrogen-bond acceptors (Lipinski definition) is 4. The van der Waals surface area contributed by atoms with Crippen LogP contribution < -0.4 is 5.32 Å². The number of alkyl halides is 1. The van der Waals surface area contributed by atoms with Gasteiger partial charge < -0.3 is 10.2 Å². The van der Waals surface area contributed by atoms with Gasteiger partial charge >= 0.3 is 6.03 Å². The highest BCUT2D eigenvalue weighted by molar-refractivity contribution is 6.00. The molecule has 0 unspecified atom stereocenters. The molecule has 8 heteroatoms. The summed E-state index contributed by atoms with van der Waals surface area (Å²) in [7, 11) is 0. The van der Waals surface area contributed by atoms with Crippen LogP contribution in [0.3, 0.4) is 0 Å². The molecule has 0 bridgehead atoms. The van der Waals surface area contributed by atoms with Crippen molar-refractivity contribution in [3.63, 3.8) is 0 Å². The molecule has 1 saturated heterocycles. The topological polar surface area (TPSA) is 77.1 Å². The largest absolute Gasteiger partial charge is 0.322 e. The van der Waals surface area contributed by atoms with Crippen molar-refractivity contribution in [1.82, 2.24) is 25.0 Å². The Labute approximate surface area is 196 Å². The number of aromatic amines is 1. The number of benzene rings is 2. The average molecular weight is 457 g/mol. The second-order valence-electron chi connectivity index (χ2n) is 8.96. The van der Waals surface area contributed by atoms with Gasteiger partial charge in [0.2, 0.25) is 0 Å². The van der Waals surface area contributed by atoms with E-state index in [1.807, 2.05) is 41.3 Å². The van der Waals surface area contributed by atoms with Gasteiger partial charge in [0.05, 0.1) is 11.6 Å². The van der Waals surface area contributed by atoms with Gasteiger partial charge in [0.15, 0.2) is 0 Å². The number of anilines is 1. The summed E-state index contributed by atoms with van der Waals surface area (Å²) in [5, 5.41) is 11.7. The van der Waals surface area contributed by atoms with Crippen LogP contribution in [-0.2, 0) is 6.54 Å². The lowest BCUT2D eigenvalue weighted by atomic mass is 9.92. The summed E-state index contributed by atoms with van der Waals surface area (Å²) in [5.74, 6) is 0.128. The quantitative estimate of drug-likeness (QED) is 0.466. The Morgan fingerprint density at radius 2 is 1.97 bits per heavy atom. The number of hydrogen-bond donors (Lipinski definition) is 2. The zero-order valence-electron chi connectivity index (χ0n) is 18.6. The first-order chi connectivity index (χ1) is 16.7. The second kappa shape index (κ2) is 8.53. The lowest BCUT2D eigenvalue weighted by Crippen LogP contribution is -2.48. The highest BCUT2D eigenvalue weighted by Crippen LogP contribution is 2.37. The highest BCUT2D eigenvalue weighted by atomic mass is 19.1. The molecule has 1 fully saturated rings. The summed E-state index contributed by atoms with van der Waals surface area (Å²) in [6.45, 7) is 1.88. The van der Waals surface area contributed by atoms with Crippen molar-refractivity contribution >= 4 is 22.6 Å². The van der Waals surface area contributed by atoms with Crippen molar-refractivity contribution in [3.8, 4) is 11.3 Å². The van der Waals surface area contributed by atoms with E-state index in [0.717, 1.165) is 40.0 Å². The molecule has 4 heterocycles. The number of carbonyl (C=O) groups excluding carboxylic acids is 1. The maximum atomic E-state index is 13.2. The van der Waals surface area contributed by atoms with Gasteiger partial charge in [0, 0.05) is 61.1 Å². The molecule has 4 aromatic rings. The van der Waals surface area contributed by atoms with Gasteiger partial charge in [0.25, 0.3) is 0 Å². The van der Waals surface area contributed by atoms with E-state index in [9.17, 15) is 9.18 Å². The van der Waals surface area contributed by atoms with Crippen molar-refractivity contribution in [2.24, 2.45) is 0 Å². The standard InChI is InChI=1S/C26H25FN6O/c27-8-10-32-15-21(17-5-2-1-3-6-17)24(16-32)33-14-19-11-20-23(12-22(19)29-26(33)34)30-31-25(20)18-7-4-9-28-13-18/h1-7,9,11-13,21,24H,8,10,14-16H2,(H,29,34)(H,30,31)/t21-,24+/m0/s1. The van der Waals surface area contributed by atoms with Crippen molar-refractivity contribution < 1.29 is 9.18 Å². The summed E-state index contributed by atoms with van der Waals surface area (Å²) in [6, 6.07) is 18.0. The fourth-order valence-corrected chi connectivity index (χ4v) is 5.30. The molecule has 0 saturated carbocycles. The smallest absolute Gasteiger partial charge is 0.315 e. The number of urea groups is 1. The molecule has 2 aromatic heterocycles. The van der Waals surface area contributed by atoms with Gasteiger partial charge in [-0.1, -0.05) is 30.3 Å². The summed E-state index contributed by atoms with van der Waals surface area (Å²) in [6.07, 6.45) is 3.54. The number of rotatable bonds is 5. The Hall–Kier alpha value is -3.78. The molecule has 34 heavy (non-hydrogen) atoms. The third-order valence-corrected chi connectivity index (χ3v) is 6.96. The monoisotopic (exact) mass is 456 g/mol. The van der Waals surface area contributed by atoms with Gasteiger partial charge in [-0.05, 0) is 35.4 Å². The summed E-state index contributed by atoms with van der Waals surface area (Å²) in [5.41, 5.74) is 5.65. The maximum Gasteiger partial charge on any atom is 0.322 e. The van der Waals surface area contributed by atoms with Crippen LogP contribution >= 0.6 is 0 Å². The number of H-pyrrole nitrogens is 1. The second-order valence-corrected chi connectivity index (χ2v) is 8.96. The van der Waals surface area contributed by atoms with E-state index in [1.165, 1.54) is 5.56 Å². The van der Waals surface area contributed by atoms with Gasteiger partial charge in [-0.2, -0.15) is 5.10 Å². The van der Waals surface area contributed by atoms with E-state index in [2.05, 4.69) is 43.6 Å². The number of nitrogens with one attached hydrogen (secondary N) is 2. The zero-order chi connectivity index (χ0) is 23.1. The minimum atomic E-state index is -0.390. The molecule has 2 aliphatic heterocycles. The first-order valence-electron chi connectivity index (χ1n) is 11.5. The van der Waals surface area contributed by atoms with Crippen LogP contribution in [0.2, 0.25) is 0 Å². The normalized spacial score (nSPS) is 20.5. The van der Waals surface area contributed by atoms with E-state index in [0.29, 0.717) is 19.6 Å². The molecule has 0 aliphatic carbocycles. The van der Waals surface area contributed by atoms with Crippen molar-refractivity contribution in [3.05, 3.63) is 78.1 Å². The molecule has 2 atom stereocenters. The number of halogens is 1. The number of fused-ring (bicyclic) bond motifs is 2. The SMILES string of the molecule is O=C1Nc2cc3[nH]nc(-c4cccnc4)c3cc2CN1[C@@H]1CN(CCF)C[C@H]1c1ccccc1. The Kier molecular flexibility index (Phi) is 5.22. The first-order valence-corrected chi connectivity index (χ1v) is 11.5. The number of amides is 2. The number of pyridine rings is 1. The predicted octanol–water partition coefficient (Wildman–Crippen LogP) is 4.41. The van der Waals surface area contributed by atoms with Crippen molar-refractivity contribution in [2.75, 3.05) is 31.6 Å². The van der Waals surface area contributed by atoms with E-state index in [1.54, 1.807) is 12.4 Å². The Balaban J connectivity index is 1.36. The molecule has 2 aromatic carbocycles. The average Bonchev–Trinajstić information content (AvgIpc) is 3.48. The molecule has 0 spiro atoms. The Bertz CT molecular complexity index is 1330. The molecule has 2 aliphatic rings. The van der Waals surface area contributed by atoms with Gasteiger partial charge in [-0.25, -0.2) is 9.18 Å². The summed E-state index contributed by atoms with van der Waals surface area (Å²) >= 11 is 0. The number of likely N-dealkylation sites (tertiary alicyclic amines) is 1. The number of carbonyl (C=O) groups is 1. The van der Waals surface area contributed by atoms with Gasteiger partial charge in [-0.15, -0.1) is 0 Å². The van der Waals surface area contributed by atoms with Crippen LogP contribution in [0.15, 0.2) is 67.0 Å². The van der Waals surface area contributed by atoms with Crippen LogP contribution in [0, 0.1) is 0 Å². The van der Waals surface area contributed by atoms with E-state index in [4.69, 9.17) is 0 Å². The Morgan fingerprint density at radius 1 is 1.09 bits per heavy atom.